The number of nitrogens with one attached hydrogen (secondary N) is 1. The Morgan fingerprint density at radius 3 is 2.43 bits per heavy atom. The van der Waals surface area contributed by atoms with Gasteiger partial charge in [0, 0.05) is 16.3 Å². The van der Waals surface area contributed by atoms with Gasteiger partial charge in [0.05, 0.1) is 4.91 Å². The molecule has 8 heteroatoms. The number of amides is 3. The molecule has 6 nitrogen and oxygen atoms in total. The first-order valence-corrected chi connectivity index (χ1v) is 12.7. The normalized spacial score (nSPS) is 14.4. The maximum Gasteiger partial charge on any atom is 0.294 e. The molecule has 1 N–H and O–H groups in total. The van der Waals surface area contributed by atoms with E-state index >= 15 is 0 Å². The molecule has 1 aliphatic rings. The van der Waals surface area contributed by atoms with Crippen molar-refractivity contribution in [1.82, 2.24) is 4.90 Å². The van der Waals surface area contributed by atoms with Crippen LogP contribution in [-0.2, 0) is 16.2 Å². The predicted octanol–water partition coefficient (Wildman–Crippen LogP) is 6.75. The molecule has 184 valence electrons. The first-order chi connectivity index (χ1) is 18.0. The molecule has 0 atom stereocenters. The summed E-state index contributed by atoms with van der Waals surface area (Å²) in [5.41, 5.74) is 2.23. The highest BCUT2D eigenvalue weighted by atomic mass is 35.5. The van der Waals surface area contributed by atoms with Crippen LogP contribution in [0.3, 0.4) is 0 Å². The molecule has 1 fully saturated rings. The number of carbonyl (C=O) groups is 3. The third kappa shape index (κ3) is 5.69. The standard InChI is InChI=1S/C29H21ClN2O4S/c30-21-11-13-22(14-12-21)31-27(33)17-32-28(34)26(37-29(32)35)16-24-23-9-5-4-8-20(23)10-15-25(24)36-18-19-6-2-1-3-7-19/h1-16H,17-18H2,(H,31,33)/b26-16+. The molecule has 0 aromatic heterocycles. The van der Waals surface area contributed by atoms with Gasteiger partial charge in [-0.25, -0.2) is 0 Å². The molecule has 0 aliphatic carbocycles. The summed E-state index contributed by atoms with van der Waals surface area (Å²) in [7, 11) is 0. The summed E-state index contributed by atoms with van der Waals surface area (Å²) in [5.74, 6) is -0.416. The Balaban J connectivity index is 1.39. The fourth-order valence-electron chi connectivity index (χ4n) is 3.93. The van der Waals surface area contributed by atoms with Gasteiger partial charge in [0.25, 0.3) is 11.1 Å². The summed E-state index contributed by atoms with van der Waals surface area (Å²) in [6.45, 7) is -0.0378. The molecule has 5 rings (SSSR count). The van der Waals surface area contributed by atoms with E-state index in [9.17, 15) is 14.4 Å². The fourth-order valence-corrected chi connectivity index (χ4v) is 4.88. The summed E-state index contributed by atoms with van der Waals surface area (Å²) < 4.78 is 6.13. The number of fused-ring (bicyclic) bond motifs is 1. The molecule has 37 heavy (non-hydrogen) atoms. The van der Waals surface area contributed by atoms with Crippen molar-refractivity contribution in [2.45, 2.75) is 6.61 Å². The maximum absolute atomic E-state index is 13.2. The Hall–Kier alpha value is -4.07. The van der Waals surface area contributed by atoms with Crippen molar-refractivity contribution in [2.75, 3.05) is 11.9 Å². The number of carbonyl (C=O) groups excluding carboxylic acids is 3. The maximum atomic E-state index is 13.2. The van der Waals surface area contributed by atoms with Crippen LogP contribution in [0.15, 0.2) is 95.9 Å². The Labute approximate surface area is 222 Å². The molecule has 0 bridgehead atoms. The van der Waals surface area contributed by atoms with Gasteiger partial charge in [-0.2, -0.15) is 0 Å². The van der Waals surface area contributed by atoms with E-state index in [1.54, 1.807) is 30.3 Å². The zero-order valence-electron chi connectivity index (χ0n) is 19.5. The average molecular weight is 529 g/mol. The SMILES string of the molecule is O=C(CN1C(=O)S/C(=C/c2c(OCc3ccccc3)ccc3ccccc23)C1=O)Nc1ccc(Cl)cc1. The van der Waals surface area contributed by atoms with Gasteiger partial charge in [-0.3, -0.25) is 19.3 Å². The van der Waals surface area contributed by atoms with Gasteiger partial charge in [0.2, 0.25) is 5.91 Å². The minimum absolute atomic E-state index is 0.227. The number of halogens is 1. The van der Waals surface area contributed by atoms with E-state index in [1.165, 1.54) is 0 Å². The monoisotopic (exact) mass is 528 g/mol. The van der Waals surface area contributed by atoms with Crippen LogP contribution >= 0.6 is 23.4 Å². The Morgan fingerprint density at radius 1 is 0.919 bits per heavy atom. The molecule has 0 unspecified atom stereocenters. The highest BCUT2D eigenvalue weighted by molar-refractivity contribution is 8.18. The number of nitrogens with zero attached hydrogens (tertiary/aromatic N) is 1. The number of ether oxygens (including phenoxy) is 1. The lowest BCUT2D eigenvalue weighted by Crippen LogP contribution is -2.36. The van der Waals surface area contributed by atoms with Gasteiger partial charge in [0.1, 0.15) is 18.9 Å². The highest BCUT2D eigenvalue weighted by Gasteiger charge is 2.36. The van der Waals surface area contributed by atoms with Gasteiger partial charge in [0.15, 0.2) is 0 Å². The van der Waals surface area contributed by atoms with Crippen LogP contribution in [0.25, 0.3) is 16.8 Å². The first-order valence-electron chi connectivity index (χ1n) is 11.5. The summed E-state index contributed by atoms with van der Waals surface area (Å²) in [5, 5.41) is 4.57. The molecule has 0 spiro atoms. The second-order valence-electron chi connectivity index (χ2n) is 8.30. The number of hydrogen-bond donors (Lipinski definition) is 1. The second kappa shape index (κ2) is 10.9. The van der Waals surface area contributed by atoms with Crippen molar-refractivity contribution in [3.8, 4) is 5.75 Å². The van der Waals surface area contributed by atoms with Crippen molar-refractivity contribution in [2.24, 2.45) is 0 Å². The van der Waals surface area contributed by atoms with Crippen LogP contribution in [0.2, 0.25) is 5.02 Å². The van der Waals surface area contributed by atoms with E-state index in [0.29, 0.717) is 28.6 Å². The zero-order chi connectivity index (χ0) is 25.8. The summed E-state index contributed by atoms with van der Waals surface area (Å²) >= 11 is 6.68. The largest absolute Gasteiger partial charge is 0.488 e. The number of hydrogen-bond acceptors (Lipinski definition) is 5. The third-order valence-electron chi connectivity index (χ3n) is 5.75. The molecule has 3 amide bonds. The molecular weight excluding hydrogens is 508 g/mol. The van der Waals surface area contributed by atoms with Crippen LogP contribution < -0.4 is 10.1 Å². The smallest absolute Gasteiger partial charge is 0.294 e. The zero-order valence-corrected chi connectivity index (χ0v) is 21.1. The van der Waals surface area contributed by atoms with Crippen molar-refractivity contribution >= 4 is 63.0 Å². The van der Waals surface area contributed by atoms with E-state index < -0.39 is 23.6 Å². The minimum Gasteiger partial charge on any atom is -0.488 e. The molecule has 1 aliphatic heterocycles. The van der Waals surface area contributed by atoms with Crippen LogP contribution in [0.5, 0.6) is 5.75 Å². The van der Waals surface area contributed by atoms with Gasteiger partial charge in [-0.15, -0.1) is 0 Å². The van der Waals surface area contributed by atoms with Gasteiger partial charge in [-0.1, -0.05) is 72.3 Å². The summed E-state index contributed by atoms with van der Waals surface area (Å²) in [6, 6.07) is 27.9. The van der Waals surface area contributed by atoms with Crippen LogP contribution in [0.1, 0.15) is 11.1 Å². The minimum atomic E-state index is -0.525. The molecule has 1 saturated heterocycles. The van der Waals surface area contributed by atoms with Gasteiger partial charge < -0.3 is 10.1 Å². The van der Waals surface area contributed by atoms with Crippen LogP contribution in [-0.4, -0.2) is 28.5 Å². The molecular formula is C29H21ClN2O4S. The second-order valence-corrected chi connectivity index (χ2v) is 9.73. The fraction of sp³-hybridized carbons (Fsp3) is 0.0690. The van der Waals surface area contributed by atoms with Crippen LogP contribution in [0.4, 0.5) is 10.5 Å². The lowest BCUT2D eigenvalue weighted by molar-refractivity contribution is -0.127. The lowest BCUT2D eigenvalue weighted by Gasteiger charge is -2.13. The van der Waals surface area contributed by atoms with E-state index in [2.05, 4.69) is 5.32 Å². The number of benzene rings is 4. The highest BCUT2D eigenvalue weighted by Crippen LogP contribution is 2.37. The molecule has 4 aromatic carbocycles. The van der Waals surface area contributed by atoms with Crippen LogP contribution in [0, 0.1) is 0 Å². The van der Waals surface area contributed by atoms with E-state index in [1.807, 2.05) is 66.7 Å². The van der Waals surface area contributed by atoms with Gasteiger partial charge >= 0.3 is 0 Å². The summed E-state index contributed by atoms with van der Waals surface area (Å²) in [6.07, 6.45) is 1.67. The molecule has 4 aromatic rings. The Morgan fingerprint density at radius 2 is 1.65 bits per heavy atom. The quantitative estimate of drug-likeness (QED) is 0.269. The van der Waals surface area contributed by atoms with Crippen molar-refractivity contribution in [3.63, 3.8) is 0 Å². The van der Waals surface area contributed by atoms with Crippen molar-refractivity contribution < 1.29 is 19.1 Å². The number of rotatable bonds is 7. The average Bonchev–Trinajstić information content (AvgIpc) is 3.17. The summed E-state index contributed by atoms with van der Waals surface area (Å²) in [4.78, 5) is 39.5. The number of anilines is 1. The van der Waals surface area contributed by atoms with Gasteiger partial charge in [-0.05, 0) is 64.5 Å². The molecule has 0 radical (unpaired) electrons. The lowest BCUT2D eigenvalue weighted by atomic mass is 10.0. The van der Waals surface area contributed by atoms with Crippen molar-refractivity contribution in [3.05, 3.63) is 112 Å². The Kier molecular flexibility index (Phi) is 7.25. The molecule has 1 heterocycles. The molecule has 0 saturated carbocycles. The topological polar surface area (TPSA) is 75.7 Å². The van der Waals surface area contributed by atoms with E-state index in [4.69, 9.17) is 16.3 Å². The third-order valence-corrected chi connectivity index (χ3v) is 6.91. The van der Waals surface area contributed by atoms with Crippen molar-refractivity contribution in [1.29, 1.82) is 0 Å². The van der Waals surface area contributed by atoms with E-state index in [0.717, 1.165) is 33.0 Å². The predicted molar refractivity (Wildman–Crippen MR) is 147 cm³/mol. The Bertz CT molecular complexity index is 1520. The van der Waals surface area contributed by atoms with E-state index in [-0.39, 0.29) is 4.91 Å². The first kappa shape index (κ1) is 24.6. The number of imide groups is 1. The number of thioether (sulfide) groups is 1.